The molecule has 3 aromatic rings. The molecule has 0 atom stereocenters. The lowest BCUT2D eigenvalue weighted by molar-refractivity contribution is 0.0952. The van der Waals surface area contributed by atoms with Crippen molar-refractivity contribution in [2.45, 2.75) is 6.54 Å². The number of fused-ring (bicyclic) bond motifs is 1. The Morgan fingerprint density at radius 1 is 1.25 bits per heavy atom. The number of phenols is 1. The number of carbonyl (C=O) groups is 1. The highest BCUT2D eigenvalue weighted by Crippen LogP contribution is 2.20. The second-order valence-electron chi connectivity index (χ2n) is 5.10. The average Bonchev–Trinajstić information content (AvgIpc) is 2.94. The number of para-hydroxylation sites is 2. The minimum absolute atomic E-state index is 0.101. The molecule has 6 nitrogen and oxygen atoms in total. The van der Waals surface area contributed by atoms with E-state index in [1.807, 2.05) is 35.0 Å². The maximum Gasteiger partial charge on any atom is 0.275 e. The molecule has 0 bridgehead atoms. The number of carbonyl (C=O) groups excluding carboxylic acids is 1. The molecule has 1 heterocycles. The smallest absolute Gasteiger partial charge is 0.275 e. The number of hydrogen-bond donors (Lipinski definition) is 2. The average molecular weight is 318 g/mol. The second-order valence-corrected chi connectivity index (χ2v) is 5.10. The van der Waals surface area contributed by atoms with Gasteiger partial charge in [-0.25, -0.2) is 5.43 Å². The van der Waals surface area contributed by atoms with E-state index in [9.17, 15) is 9.90 Å². The lowest BCUT2D eigenvalue weighted by Crippen LogP contribution is -2.17. The van der Waals surface area contributed by atoms with Crippen molar-refractivity contribution >= 4 is 23.0 Å². The predicted octanol–water partition coefficient (Wildman–Crippen LogP) is 2.63. The third kappa shape index (κ3) is 2.96. The zero-order valence-corrected chi connectivity index (χ0v) is 12.7. The van der Waals surface area contributed by atoms with Crippen LogP contribution in [0.3, 0.4) is 0 Å². The van der Waals surface area contributed by atoms with Crippen molar-refractivity contribution < 1.29 is 9.90 Å². The van der Waals surface area contributed by atoms with E-state index in [0.29, 0.717) is 0 Å². The van der Waals surface area contributed by atoms with Crippen LogP contribution in [-0.2, 0) is 6.54 Å². The number of hydrogen-bond acceptors (Lipinski definition) is 4. The van der Waals surface area contributed by atoms with Crippen LogP contribution in [0, 0.1) is 11.3 Å². The van der Waals surface area contributed by atoms with E-state index in [-0.39, 0.29) is 17.9 Å². The number of phenolic OH excluding ortho intramolecular Hbond substituents is 1. The number of aromatic hydroxyl groups is 1. The number of benzene rings is 2. The first kappa shape index (κ1) is 15.3. The van der Waals surface area contributed by atoms with Crippen LogP contribution in [0.2, 0.25) is 0 Å². The molecule has 2 aromatic carbocycles. The maximum atomic E-state index is 12.0. The molecule has 0 saturated carbocycles. The molecule has 0 spiro atoms. The Hall–Kier alpha value is -3.59. The normalized spacial score (nSPS) is 10.8. The van der Waals surface area contributed by atoms with Crippen molar-refractivity contribution in [2.24, 2.45) is 5.10 Å². The van der Waals surface area contributed by atoms with Crippen molar-refractivity contribution in [1.82, 2.24) is 9.99 Å². The summed E-state index contributed by atoms with van der Waals surface area (Å²) in [7, 11) is 0. The third-order valence-corrected chi connectivity index (χ3v) is 3.58. The summed E-state index contributed by atoms with van der Waals surface area (Å²) in [4.78, 5) is 12.0. The highest BCUT2D eigenvalue weighted by atomic mass is 16.3. The van der Waals surface area contributed by atoms with Crippen LogP contribution < -0.4 is 5.43 Å². The molecular formula is C18H14N4O2. The van der Waals surface area contributed by atoms with Crippen molar-refractivity contribution in [3.63, 3.8) is 0 Å². The molecule has 0 radical (unpaired) electrons. The van der Waals surface area contributed by atoms with Crippen LogP contribution in [0.15, 0.2) is 59.8 Å². The number of amides is 1. The first-order valence-electron chi connectivity index (χ1n) is 7.27. The van der Waals surface area contributed by atoms with Gasteiger partial charge in [0.2, 0.25) is 0 Å². The fraction of sp³-hybridized carbons (Fsp3) is 0.0556. The first-order chi connectivity index (χ1) is 11.7. The van der Waals surface area contributed by atoms with Gasteiger partial charge in [-0.15, -0.1) is 0 Å². The second kappa shape index (κ2) is 6.67. The molecule has 118 valence electrons. The van der Waals surface area contributed by atoms with E-state index in [0.717, 1.165) is 16.5 Å². The van der Waals surface area contributed by atoms with E-state index in [2.05, 4.69) is 16.6 Å². The Morgan fingerprint density at radius 2 is 2.00 bits per heavy atom. The van der Waals surface area contributed by atoms with E-state index < -0.39 is 5.91 Å². The molecule has 3 rings (SSSR count). The zero-order valence-electron chi connectivity index (χ0n) is 12.7. The van der Waals surface area contributed by atoms with Gasteiger partial charge < -0.3 is 9.67 Å². The van der Waals surface area contributed by atoms with Gasteiger partial charge in [0.15, 0.2) is 0 Å². The van der Waals surface area contributed by atoms with E-state index in [4.69, 9.17) is 5.26 Å². The summed E-state index contributed by atoms with van der Waals surface area (Å²) in [5.74, 6) is -0.596. The Kier molecular flexibility index (Phi) is 4.25. The van der Waals surface area contributed by atoms with Crippen LogP contribution in [0.25, 0.3) is 10.9 Å². The molecule has 6 heteroatoms. The van der Waals surface area contributed by atoms with Crippen LogP contribution in [-0.4, -0.2) is 21.8 Å². The minimum atomic E-state index is -0.495. The Labute approximate surface area is 138 Å². The molecule has 1 aromatic heterocycles. The maximum absolute atomic E-state index is 12.0. The van der Waals surface area contributed by atoms with Gasteiger partial charge in [-0.05, 0) is 18.2 Å². The van der Waals surface area contributed by atoms with Gasteiger partial charge in [0.25, 0.3) is 5.91 Å². The van der Waals surface area contributed by atoms with Gasteiger partial charge in [0.05, 0.1) is 17.8 Å². The van der Waals surface area contributed by atoms with Gasteiger partial charge in [0.1, 0.15) is 12.3 Å². The number of rotatable bonds is 4. The number of nitrogens with zero attached hydrogens (tertiary/aromatic N) is 3. The van der Waals surface area contributed by atoms with Crippen LogP contribution >= 0.6 is 0 Å². The summed E-state index contributed by atoms with van der Waals surface area (Å²) in [5, 5.41) is 23.4. The van der Waals surface area contributed by atoms with Crippen molar-refractivity contribution in [1.29, 1.82) is 5.26 Å². The van der Waals surface area contributed by atoms with Crippen molar-refractivity contribution in [2.75, 3.05) is 0 Å². The summed E-state index contributed by atoms with van der Waals surface area (Å²) in [6.07, 6.45) is 3.33. The Balaban J connectivity index is 1.83. The number of nitriles is 1. The van der Waals surface area contributed by atoms with E-state index in [1.165, 1.54) is 18.3 Å². The quantitative estimate of drug-likeness (QED) is 0.572. The molecule has 0 saturated heterocycles. The highest BCUT2D eigenvalue weighted by Gasteiger charge is 2.09. The summed E-state index contributed by atoms with van der Waals surface area (Å²) in [6.45, 7) is 0.235. The molecule has 0 unspecified atom stereocenters. The number of nitrogens with one attached hydrogen (secondary N) is 1. The summed E-state index contributed by atoms with van der Waals surface area (Å²) >= 11 is 0. The molecule has 1 amide bonds. The molecule has 2 N–H and O–H groups in total. The molecule has 0 aliphatic carbocycles. The molecular weight excluding hydrogens is 304 g/mol. The summed E-state index contributed by atoms with van der Waals surface area (Å²) in [5.41, 5.74) is 4.26. The third-order valence-electron chi connectivity index (χ3n) is 3.58. The Morgan fingerprint density at radius 3 is 2.79 bits per heavy atom. The topological polar surface area (TPSA) is 90.4 Å². The fourth-order valence-electron chi connectivity index (χ4n) is 2.47. The predicted molar refractivity (Wildman–Crippen MR) is 90.7 cm³/mol. The van der Waals surface area contributed by atoms with Gasteiger partial charge >= 0.3 is 0 Å². The Bertz CT molecular complexity index is 967. The van der Waals surface area contributed by atoms with Gasteiger partial charge in [-0.2, -0.15) is 10.4 Å². The zero-order chi connectivity index (χ0) is 16.9. The van der Waals surface area contributed by atoms with Crippen LogP contribution in [0.4, 0.5) is 0 Å². The fourth-order valence-corrected chi connectivity index (χ4v) is 2.47. The summed E-state index contributed by atoms with van der Waals surface area (Å²) in [6, 6.07) is 16.0. The number of aromatic nitrogens is 1. The largest absolute Gasteiger partial charge is 0.507 e. The first-order valence-corrected chi connectivity index (χ1v) is 7.27. The van der Waals surface area contributed by atoms with Gasteiger partial charge in [0, 0.05) is 22.7 Å². The standard InChI is InChI=1S/C18H14N4O2/c19-9-10-22-12-13(14-5-1-3-7-16(14)22)11-20-21-18(24)15-6-2-4-8-17(15)23/h1-8,11-12,23H,10H2,(H,21,24)/b20-11+. The van der Waals surface area contributed by atoms with Crippen LogP contribution in [0.1, 0.15) is 15.9 Å². The monoisotopic (exact) mass is 318 g/mol. The molecule has 0 aliphatic heterocycles. The van der Waals surface area contributed by atoms with Crippen molar-refractivity contribution in [3.8, 4) is 11.8 Å². The molecule has 0 fully saturated rings. The van der Waals surface area contributed by atoms with Gasteiger partial charge in [-0.3, -0.25) is 4.79 Å². The van der Waals surface area contributed by atoms with Gasteiger partial charge in [-0.1, -0.05) is 30.3 Å². The van der Waals surface area contributed by atoms with Crippen LogP contribution in [0.5, 0.6) is 5.75 Å². The lowest BCUT2D eigenvalue weighted by Gasteiger charge is -2.01. The molecule has 24 heavy (non-hydrogen) atoms. The lowest BCUT2D eigenvalue weighted by atomic mass is 10.2. The van der Waals surface area contributed by atoms with E-state index in [1.54, 1.807) is 12.1 Å². The molecule has 0 aliphatic rings. The minimum Gasteiger partial charge on any atom is -0.507 e. The van der Waals surface area contributed by atoms with Crippen molar-refractivity contribution in [3.05, 3.63) is 65.9 Å². The summed E-state index contributed by atoms with van der Waals surface area (Å²) < 4.78 is 1.82. The highest BCUT2D eigenvalue weighted by molar-refractivity contribution is 6.01. The SMILES string of the molecule is N#CCn1cc(/C=N/NC(=O)c2ccccc2O)c2ccccc21. The van der Waals surface area contributed by atoms with E-state index >= 15 is 0 Å². The number of hydrazone groups is 1.